The summed E-state index contributed by atoms with van der Waals surface area (Å²) in [6, 6.07) is 4.62. The number of benzene rings is 1. The minimum atomic E-state index is -3.61. The van der Waals surface area contributed by atoms with Crippen molar-refractivity contribution in [2.45, 2.75) is 17.4 Å². The van der Waals surface area contributed by atoms with Gasteiger partial charge in [0.2, 0.25) is 10.0 Å². The standard InChI is InChI=1S/C12H18N2O4S.ClH/c1-17-10-3-4-11(18-2)12(7-10)19(15,16)14-9-5-6-13-8-9;/h3-4,7,9,13-14H,5-6,8H2,1-2H3;1H. The van der Waals surface area contributed by atoms with Crippen LogP contribution in [0.5, 0.6) is 11.5 Å². The van der Waals surface area contributed by atoms with Crippen LogP contribution in [0.15, 0.2) is 23.1 Å². The Morgan fingerprint density at radius 1 is 1.30 bits per heavy atom. The molecule has 2 rings (SSSR count). The van der Waals surface area contributed by atoms with Crippen molar-refractivity contribution >= 4 is 22.4 Å². The number of rotatable bonds is 5. The van der Waals surface area contributed by atoms with E-state index < -0.39 is 10.0 Å². The molecule has 6 nitrogen and oxygen atoms in total. The predicted octanol–water partition coefficient (Wildman–Crippen LogP) is 0.766. The topological polar surface area (TPSA) is 76.7 Å². The summed E-state index contributed by atoms with van der Waals surface area (Å²) in [4.78, 5) is 0.0984. The fraction of sp³-hybridized carbons (Fsp3) is 0.500. The molecule has 1 aromatic rings. The van der Waals surface area contributed by atoms with E-state index in [-0.39, 0.29) is 23.3 Å². The van der Waals surface area contributed by atoms with Gasteiger partial charge in [-0.15, -0.1) is 12.4 Å². The van der Waals surface area contributed by atoms with Crippen LogP contribution < -0.4 is 19.5 Å². The molecule has 0 spiro atoms. The van der Waals surface area contributed by atoms with Crippen LogP contribution in [-0.2, 0) is 10.0 Å². The van der Waals surface area contributed by atoms with Crippen molar-refractivity contribution < 1.29 is 17.9 Å². The summed E-state index contributed by atoms with van der Waals surface area (Å²) in [5.41, 5.74) is 0. The van der Waals surface area contributed by atoms with Gasteiger partial charge in [0, 0.05) is 18.7 Å². The summed E-state index contributed by atoms with van der Waals surface area (Å²) >= 11 is 0. The lowest BCUT2D eigenvalue weighted by atomic mass is 10.3. The molecule has 1 heterocycles. The third kappa shape index (κ3) is 3.76. The van der Waals surface area contributed by atoms with Gasteiger partial charge in [0.25, 0.3) is 0 Å². The van der Waals surface area contributed by atoms with Gasteiger partial charge in [-0.2, -0.15) is 0 Å². The van der Waals surface area contributed by atoms with Crippen LogP contribution in [0, 0.1) is 0 Å². The highest BCUT2D eigenvalue weighted by Crippen LogP contribution is 2.28. The third-order valence-electron chi connectivity index (χ3n) is 3.04. The molecule has 0 saturated carbocycles. The van der Waals surface area contributed by atoms with Gasteiger partial charge in [-0.1, -0.05) is 0 Å². The molecular formula is C12H19ClN2O4S. The average molecular weight is 323 g/mol. The summed E-state index contributed by atoms with van der Waals surface area (Å²) in [6.45, 7) is 1.47. The molecule has 114 valence electrons. The Bertz CT molecular complexity index is 544. The highest BCUT2D eigenvalue weighted by molar-refractivity contribution is 7.89. The highest BCUT2D eigenvalue weighted by atomic mass is 35.5. The first kappa shape index (κ1) is 17.0. The molecule has 20 heavy (non-hydrogen) atoms. The zero-order valence-electron chi connectivity index (χ0n) is 11.4. The van der Waals surface area contributed by atoms with E-state index in [1.54, 1.807) is 12.1 Å². The van der Waals surface area contributed by atoms with Gasteiger partial charge < -0.3 is 14.8 Å². The lowest BCUT2D eigenvalue weighted by Crippen LogP contribution is -2.36. The van der Waals surface area contributed by atoms with Crippen LogP contribution in [0.3, 0.4) is 0 Å². The van der Waals surface area contributed by atoms with Crippen molar-refractivity contribution in [2.24, 2.45) is 0 Å². The van der Waals surface area contributed by atoms with E-state index in [0.29, 0.717) is 18.0 Å². The van der Waals surface area contributed by atoms with Gasteiger partial charge in [-0.05, 0) is 25.1 Å². The monoisotopic (exact) mass is 322 g/mol. The van der Waals surface area contributed by atoms with Crippen molar-refractivity contribution in [1.82, 2.24) is 10.0 Å². The largest absolute Gasteiger partial charge is 0.497 e. The van der Waals surface area contributed by atoms with E-state index in [0.717, 1.165) is 13.0 Å². The van der Waals surface area contributed by atoms with Crippen molar-refractivity contribution in [3.05, 3.63) is 18.2 Å². The van der Waals surface area contributed by atoms with Crippen LogP contribution in [-0.4, -0.2) is 41.8 Å². The van der Waals surface area contributed by atoms with Crippen molar-refractivity contribution in [2.75, 3.05) is 27.3 Å². The third-order valence-corrected chi connectivity index (χ3v) is 4.58. The SMILES string of the molecule is COc1ccc(OC)c(S(=O)(=O)NC2CCNC2)c1.Cl. The van der Waals surface area contributed by atoms with Crippen LogP contribution in [0.25, 0.3) is 0 Å². The number of halogens is 1. The quantitative estimate of drug-likeness (QED) is 0.837. The molecule has 2 N–H and O–H groups in total. The zero-order valence-corrected chi connectivity index (χ0v) is 13.0. The van der Waals surface area contributed by atoms with E-state index >= 15 is 0 Å². The number of methoxy groups -OCH3 is 2. The molecule has 1 aliphatic heterocycles. The number of hydrogen-bond donors (Lipinski definition) is 2. The maximum atomic E-state index is 12.4. The normalized spacial score (nSPS) is 18.4. The summed E-state index contributed by atoms with van der Waals surface area (Å²) in [6.07, 6.45) is 0.783. The van der Waals surface area contributed by atoms with Gasteiger partial charge in [0.05, 0.1) is 14.2 Å². The van der Waals surface area contributed by atoms with E-state index in [1.807, 2.05) is 0 Å². The zero-order chi connectivity index (χ0) is 13.9. The molecular weight excluding hydrogens is 304 g/mol. The Hall–Kier alpha value is -1.02. The molecule has 0 radical (unpaired) electrons. The fourth-order valence-corrected chi connectivity index (χ4v) is 3.49. The maximum Gasteiger partial charge on any atom is 0.244 e. The molecule has 0 amide bonds. The van der Waals surface area contributed by atoms with E-state index in [9.17, 15) is 8.42 Å². The minimum absolute atomic E-state index is 0. The summed E-state index contributed by atoms with van der Waals surface area (Å²) < 4.78 is 37.6. The van der Waals surface area contributed by atoms with Crippen LogP contribution in [0.4, 0.5) is 0 Å². The molecule has 8 heteroatoms. The molecule has 1 atom stereocenters. The van der Waals surface area contributed by atoms with Crippen LogP contribution in [0.2, 0.25) is 0 Å². The molecule has 1 aromatic carbocycles. The Morgan fingerprint density at radius 2 is 2.05 bits per heavy atom. The highest BCUT2D eigenvalue weighted by Gasteiger charge is 2.25. The lowest BCUT2D eigenvalue weighted by molar-refractivity contribution is 0.391. The molecule has 1 fully saturated rings. The van der Waals surface area contributed by atoms with Gasteiger partial charge in [0.1, 0.15) is 16.4 Å². The van der Waals surface area contributed by atoms with Crippen LogP contribution in [0.1, 0.15) is 6.42 Å². The Kier molecular flexibility index (Phi) is 6.07. The number of ether oxygens (including phenoxy) is 2. The first-order valence-electron chi connectivity index (χ1n) is 6.02. The second-order valence-electron chi connectivity index (χ2n) is 4.33. The second-order valence-corrected chi connectivity index (χ2v) is 6.01. The Labute approximate surface area is 125 Å². The molecule has 1 saturated heterocycles. The van der Waals surface area contributed by atoms with E-state index in [4.69, 9.17) is 9.47 Å². The van der Waals surface area contributed by atoms with Gasteiger partial charge in [0.15, 0.2) is 0 Å². The average Bonchev–Trinajstić information content (AvgIpc) is 2.90. The molecule has 0 aliphatic carbocycles. The molecule has 1 aliphatic rings. The minimum Gasteiger partial charge on any atom is -0.497 e. The second kappa shape index (κ2) is 7.12. The van der Waals surface area contributed by atoms with E-state index in [2.05, 4.69) is 10.0 Å². The predicted molar refractivity (Wildman–Crippen MR) is 78.4 cm³/mol. The Balaban J connectivity index is 0.00000200. The number of sulfonamides is 1. The summed E-state index contributed by atoms with van der Waals surface area (Å²) in [5, 5.41) is 3.11. The smallest absolute Gasteiger partial charge is 0.244 e. The van der Waals surface area contributed by atoms with Gasteiger partial charge in [-0.25, -0.2) is 13.1 Å². The van der Waals surface area contributed by atoms with Crippen molar-refractivity contribution in [3.8, 4) is 11.5 Å². The number of hydrogen-bond acceptors (Lipinski definition) is 5. The van der Waals surface area contributed by atoms with Gasteiger partial charge >= 0.3 is 0 Å². The van der Waals surface area contributed by atoms with Crippen molar-refractivity contribution in [3.63, 3.8) is 0 Å². The molecule has 1 unspecified atom stereocenters. The summed E-state index contributed by atoms with van der Waals surface area (Å²) in [7, 11) is -0.679. The first-order valence-corrected chi connectivity index (χ1v) is 7.50. The van der Waals surface area contributed by atoms with E-state index in [1.165, 1.54) is 20.3 Å². The lowest BCUT2D eigenvalue weighted by Gasteiger charge is -2.15. The first-order chi connectivity index (χ1) is 9.06. The summed E-state index contributed by atoms with van der Waals surface area (Å²) in [5.74, 6) is 0.782. The Morgan fingerprint density at radius 3 is 2.60 bits per heavy atom. The fourth-order valence-electron chi connectivity index (χ4n) is 2.03. The maximum absolute atomic E-state index is 12.4. The van der Waals surface area contributed by atoms with Crippen molar-refractivity contribution in [1.29, 1.82) is 0 Å². The molecule has 0 bridgehead atoms. The van der Waals surface area contributed by atoms with Gasteiger partial charge in [-0.3, -0.25) is 0 Å². The number of nitrogens with one attached hydrogen (secondary N) is 2. The van der Waals surface area contributed by atoms with Crippen LogP contribution >= 0.6 is 12.4 Å². The molecule has 0 aromatic heterocycles.